The van der Waals surface area contributed by atoms with E-state index in [-0.39, 0.29) is 12.5 Å². The first kappa shape index (κ1) is 13.3. The highest BCUT2D eigenvalue weighted by Gasteiger charge is 2.05. The molecule has 1 aromatic carbocycles. The Morgan fingerprint density at radius 3 is 2.79 bits per heavy atom. The standard InChI is InChI=1S/C14H17N3O2/c1-10-5-3-4-6-13(10)16-14(18)9-15-8-12-7-11(2)19-17-12/h3-7,15H,8-9H2,1-2H3,(H,16,18). The average Bonchev–Trinajstić information content (AvgIpc) is 2.78. The van der Waals surface area contributed by atoms with Gasteiger partial charge in [0.25, 0.3) is 0 Å². The van der Waals surface area contributed by atoms with E-state index in [9.17, 15) is 4.79 Å². The second kappa shape index (κ2) is 6.15. The lowest BCUT2D eigenvalue weighted by Gasteiger charge is -2.08. The Bertz CT molecular complexity index is 563. The number of para-hydroxylation sites is 1. The van der Waals surface area contributed by atoms with E-state index >= 15 is 0 Å². The van der Waals surface area contributed by atoms with Crippen LogP contribution in [0.5, 0.6) is 0 Å². The van der Waals surface area contributed by atoms with Crippen LogP contribution in [0, 0.1) is 13.8 Å². The van der Waals surface area contributed by atoms with Crippen molar-refractivity contribution in [3.8, 4) is 0 Å². The third-order valence-corrected chi connectivity index (χ3v) is 2.69. The van der Waals surface area contributed by atoms with E-state index in [2.05, 4.69) is 15.8 Å². The first-order valence-electron chi connectivity index (χ1n) is 6.13. The average molecular weight is 259 g/mol. The van der Waals surface area contributed by atoms with Crippen molar-refractivity contribution in [2.24, 2.45) is 0 Å². The number of hydrogen-bond acceptors (Lipinski definition) is 4. The maximum atomic E-state index is 11.7. The van der Waals surface area contributed by atoms with Gasteiger partial charge in [-0.15, -0.1) is 0 Å². The van der Waals surface area contributed by atoms with Crippen LogP contribution in [0.25, 0.3) is 0 Å². The number of amides is 1. The minimum atomic E-state index is -0.0745. The second-order valence-electron chi connectivity index (χ2n) is 4.40. The lowest BCUT2D eigenvalue weighted by molar-refractivity contribution is -0.115. The molecule has 2 aromatic rings. The van der Waals surface area contributed by atoms with Crippen LogP contribution in [-0.4, -0.2) is 17.6 Å². The first-order chi connectivity index (χ1) is 9.15. The van der Waals surface area contributed by atoms with Gasteiger partial charge in [-0.25, -0.2) is 0 Å². The fraction of sp³-hybridized carbons (Fsp3) is 0.286. The Labute approximate surface area is 112 Å². The summed E-state index contributed by atoms with van der Waals surface area (Å²) in [5.74, 6) is 0.690. The number of nitrogens with zero attached hydrogens (tertiary/aromatic N) is 1. The van der Waals surface area contributed by atoms with Gasteiger partial charge in [0.1, 0.15) is 5.76 Å². The van der Waals surface area contributed by atoms with Gasteiger partial charge in [-0.05, 0) is 25.5 Å². The number of aromatic nitrogens is 1. The van der Waals surface area contributed by atoms with Crippen molar-refractivity contribution in [1.82, 2.24) is 10.5 Å². The number of carbonyl (C=O) groups excluding carboxylic acids is 1. The van der Waals surface area contributed by atoms with E-state index in [1.54, 1.807) is 0 Å². The van der Waals surface area contributed by atoms with Gasteiger partial charge in [0.05, 0.1) is 12.2 Å². The van der Waals surface area contributed by atoms with Crippen LogP contribution in [0.3, 0.4) is 0 Å². The highest BCUT2D eigenvalue weighted by atomic mass is 16.5. The van der Waals surface area contributed by atoms with Crippen LogP contribution in [0.1, 0.15) is 17.0 Å². The molecule has 19 heavy (non-hydrogen) atoms. The van der Waals surface area contributed by atoms with Crippen LogP contribution < -0.4 is 10.6 Å². The van der Waals surface area contributed by atoms with Crippen molar-refractivity contribution in [2.45, 2.75) is 20.4 Å². The molecule has 0 spiro atoms. The molecule has 100 valence electrons. The van der Waals surface area contributed by atoms with E-state index in [1.807, 2.05) is 44.2 Å². The fourth-order valence-corrected chi connectivity index (χ4v) is 1.71. The van der Waals surface area contributed by atoms with E-state index in [1.165, 1.54) is 0 Å². The van der Waals surface area contributed by atoms with E-state index < -0.39 is 0 Å². The number of rotatable bonds is 5. The largest absolute Gasteiger partial charge is 0.361 e. The monoisotopic (exact) mass is 259 g/mol. The number of benzene rings is 1. The Morgan fingerprint density at radius 1 is 1.32 bits per heavy atom. The predicted molar refractivity (Wildman–Crippen MR) is 72.8 cm³/mol. The highest BCUT2D eigenvalue weighted by molar-refractivity contribution is 5.92. The van der Waals surface area contributed by atoms with Crippen molar-refractivity contribution in [3.63, 3.8) is 0 Å². The van der Waals surface area contributed by atoms with E-state index in [0.717, 1.165) is 22.7 Å². The van der Waals surface area contributed by atoms with Gasteiger partial charge in [-0.2, -0.15) is 0 Å². The minimum absolute atomic E-state index is 0.0745. The minimum Gasteiger partial charge on any atom is -0.361 e. The van der Waals surface area contributed by atoms with Crippen LogP contribution >= 0.6 is 0 Å². The highest BCUT2D eigenvalue weighted by Crippen LogP contribution is 2.12. The van der Waals surface area contributed by atoms with Gasteiger partial charge in [0.2, 0.25) is 5.91 Å². The van der Waals surface area contributed by atoms with Crippen LogP contribution in [0.4, 0.5) is 5.69 Å². The number of aryl methyl sites for hydroxylation is 2. The van der Waals surface area contributed by atoms with E-state index in [0.29, 0.717) is 6.54 Å². The molecule has 1 heterocycles. The summed E-state index contributed by atoms with van der Waals surface area (Å²) in [5, 5.41) is 9.72. The van der Waals surface area contributed by atoms with Gasteiger partial charge >= 0.3 is 0 Å². The van der Waals surface area contributed by atoms with Crippen molar-refractivity contribution in [3.05, 3.63) is 47.3 Å². The smallest absolute Gasteiger partial charge is 0.238 e. The van der Waals surface area contributed by atoms with Crippen molar-refractivity contribution < 1.29 is 9.32 Å². The third-order valence-electron chi connectivity index (χ3n) is 2.69. The summed E-state index contributed by atoms with van der Waals surface area (Å²) in [5.41, 5.74) is 2.68. The molecular formula is C14H17N3O2. The summed E-state index contributed by atoms with van der Waals surface area (Å²) in [7, 11) is 0. The summed E-state index contributed by atoms with van der Waals surface area (Å²) < 4.78 is 4.94. The van der Waals surface area contributed by atoms with E-state index in [4.69, 9.17) is 4.52 Å². The van der Waals surface area contributed by atoms with Crippen molar-refractivity contribution in [2.75, 3.05) is 11.9 Å². The molecule has 0 aliphatic heterocycles. The van der Waals surface area contributed by atoms with Gasteiger partial charge < -0.3 is 15.2 Å². The SMILES string of the molecule is Cc1cc(CNCC(=O)Nc2ccccc2C)no1. The predicted octanol–water partition coefficient (Wildman–Crippen LogP) is 2.02. The molecule has 0 saturated carbocycles. The zero-order chi connectivity index (χ0) is 13.7. The molecule has 2 rings (SSSR count). The van der Waals surface area contributed by atoms with Gasteiger partial charge in [0.15, 0.2) is 0 Å². The molecule has 0 fully saturated rings. The van der Waals surface area contributed by atoms with Gasteiger partial charge in [-0.3, -0.25) is 4.79 Å². The summed E-state index contributed by atoms with van der Waals surface area (Å²) >= 11 is 0. The lowest BCUT2D eigenvalue weighted by Crippen LogP contribution is -2.28. The van der Waals surface area contributed by atoms with Gasteiger partial charge in [-0.1, -0.05) is 23.4 Å². The molecule has 0 aliphatic carbocycles. The molecule has 0 atom stereocenters. The molecular weight excluding hydrogens is 242 g/mol. The molecule has 2 N–H and O–H groups in total. The molecule has 1 aromatic heterocycles. The Kier molecular flexibility index (Phi) is 4.30. The number of anilines is 1. The number of hydrogen-bond donors (Lipinski definition) is 2. The Hall–Kier alpha value is -2.14. The normalized spacial score (nSPS) is 10.4. The molecule has 0 unspecified atom stereocenters. The number of nitrogens with one attached hydrogen (secondary N) is 2. The summed E-state index contributed by atoms with van der Waals surface area (Å²) in [6.45, 7) is 4.54. The maximum Gasteiger partial charge on any atom is 0.238 e. The molecule has 1 amide bonds. The first-order valence-corrected chi connectivity index (χ1v) is 6.13. The zero-order valence-electron chi connectivity index (χ0n) is 11.1. The molecule has 5 heteroatoms. The summed E-state index contributed by atoms with van der Waals surface area (Å²) in [4.78, 5) is 11.7. The quantitative estimate of drug-likeness (QED) is 0.862. The molecule has 0 saturated heterocycles. The van der Waals surface area contributed by atoms with Crippen molar-refractivity contribution in [1.29, 1.82) is 0 Å². The van der Waals surface area contributed by atoms with Crippen LogP contribution in [0.15, 0.2) is 34.9 Å². The Morgan fingerprint density at radius 2 is 2.11 bits per heavy atom. The summed E-state index contributed by atoms with van der Waals surface area (Å²) in [6, 6.07) is 9.52. The van der Waals surface area contributed by atoms with Crippen LogP contribution in [-0.2, 0) is 11.3 Å². The topological polar surface area (TPSA) is 67.2 Å². The Balaban J connectivity index is 1.77. The van der Waals surface area contributed by atoms with Gasteiger partial charge in [0, 0.05) is 18.3 Å². The maximum absolute atomic E-state index is 11.7. The molecule has 0 aliphatic rings. The number of carbonyl (C=O) groups is 1. The summed E-state index contributed by atoms with van der Waals surface area (Å²) in [6.07, 6.45) is 0. The zero-order valence-corrected chi connectivity index (χ0v) is 11.1. The molecule has 5 nitrogen and oxygen atoms in total. The third kappa shape index (κ3) is 3.93. The fourth-order valence-electron chi connectivity index (χ4n) is 1.71. The molecule has 0 radical (unpaired) electrons. The second-order valence-corrected chi connectivity index (χ2v) is 4.40. The van der Waals surface area contributed by atoms with Crippen LogP contribution in [0.2, 0.25) is 0 Å². The van der Waals surface area contributed by atoms with Crippen molar-refractivity contribution >= 4 is 11.6 Å². The lowest BCUT2D eigenvalue weighted by atomic mass is 10.2. The molecule has 0 bridgehead atoms.